The van der Waals surface area contributed by atoms with E-state index in [2.05, 4.69) is 61.2 Å². The molecular weight excluding hydrogens is 562 g/mol. The molecule has 1 heterocycles. The maximum Gasteiger partial charge on any atom is 0.196 e. The Labute approximate surface area is 261 Å². The molecule has 0 radical (unpaired) electrons. The molecule has 43 heavy (non-hydrogen) atoms. The van der Waals surface area contributed by atoms with E-state index in [4.69, 9.17) is 32.8 Å². The molecule has 244 valence electrons. The van der Waals surface area contributed by atoms with Crippen molar-refractivity contribution in [1.29, 1.82) is 0 Å². The number of ether oxygens (including phenoxy) is 4. The third kappa shape index (κ3) is 10.5. The molecule has 5 atom stereocenters. The molecule has 0 bridgehead atoms. The molecule has 9 heteroatoms. The van der Waals surface area contributed by atoms with Crippen LogP contribution in [0.15, 0.2) is 47.6 Å². The second-order valence-corrected chi connectivity index (χ2v) is 18.4. The van der Waals surface area contributed by atoms with Crippen molar-refractivity contribution in [3.05, 3.63) is 60.3 Å². The molecule has 0 spiro atoms. The minimum atomic E-state index is -2.22. The predicted octanol–water partition coefficient (Wildman–Crippen LogP) is 7.52. The van der Waals surface area contributed by atoms with Gasteiger partial charge in [-0.15, -0.1) is 6.58 Å². The summed E-state index contributed by atoms with van der Waals surface area (Å²) in [5.41, 5.74) is 1.17. The lowest BCUT2D eigenvalue weighted by Gasteiger charge is -2.46. The number of aliphatic hydroxyl groups is 1. The van der Waals surface area contributed by atoms with Gasteiger partial charge in [0.25, 0.3) is 0 Å². The maximum absolute atomic E-state index is 11.8. The molecule has 0 aliphatic heterocycles. The first-order valence-electron chi connectivity index (χ1n) is 15.3. The number of rotatable bonds is 19. The molecule has 1 N–H and O–H groups in total. The van der Waals surface area contributed by atoms with Gasteiger partial charge in [-0.25, -0.2) is 4.98 Å². The second-order valence-electron chi connectivity index (χ2n) is 13.7. The van der Waals surface area contributed by atoms with Crippen molar-refractivity contribution in [3.8, 4) is 5.75 Å². The zero-order valence-electron chi connectivity index (χ0n) is 28.4. The van der Waals surface area contributed by atoms with Crippen LogP contribution in [-0.2, 0) is 31.7 Å². The summed E-state index contributed by atoms with van der Waals surface area (Å²) in [6.45, 7) is 22.2. The minimum absolute atomic E-state index is 0.00998. The molecular formula is C34H57NO7Si. The molecule has 8 nitrogen and oxygen atoms in total. The molecule has 1 aromatic heterocycles. The Hall–Kier alpha value is -2.01. The van der Waals surface area contributed by atoms with E-state index in [1.807, 2.05) is 30.3 Å². The van der Waals surface area contributed by atoms with Crippen molar-refractivity contribution in [2.45, 2.75) is 110 Å². The second kappa shape index (κ2) is 16.3. The number of benzene rings is 1. The summed E-state index contributed by atoms with van der Waals surface area (Å²) >= 11 is 0. The number of methoxy groups -OCH3 is 3. The third-order valence-corrected chi connectivity index (χ3v) is 13.5. The topological polar surface area (TPSA) is 92.4 Å². The lowest BCUT2D eigenvalue weighted by molar-refractivity contribution is -0.0814. The fraction of sp³-hybridized carbons (Fsp3) is 0.676. The number of aromatic nitrogens is 1. The van der Waals surface area contributed by atoms with Crippen LogP contribution in [0.2, 0.25) is 18.1 Å². The Balaban J connectivity index is 2.18. The Kier molecular flexibility index (Phi) is 14.1. The first-order chi connectivity index (χ1) is 20.1. The summed E-state index contributed by atoms with van der Waals surface area (Å²) < 4.78 is 35.6. The highest BCUT2D eigenvalue weighted by Crippen LogP contribution is 2.42. The van der Waals surface area contributed by atoms with Crippen molar-refractivity contribution < 1.29 is 32.9 Å². The molecule has 2 aromatic rings. The first-order valence-corrected chi connectivity index (χ1v) is 18.2. The summed E-state index contributed by atoms with van der Waals surface area (Å²) in [5.74, 6) is 1.45. The van der Waals surface area contributed by atoms with Crippen LogP contribution in [0, 0.1) is 11.3 Å². The number of aliphatic hydroxyl groups excluding tert-OH is 1. The van der Waals surface area contributed by atoms with E-state index in [1.54, 1.807) is 27.6 Å². The molecule has 0 aliphatic carbocycles. The third-order valence-electron chi connectivity index (χ3n) is 9.06. The van der Waals surface area contributed by atoms with E-state index in [0.29, 0.717) is 38.4 Å². The predicted molar refractivity (Wildman–Crippen MR) is 174 cm³/mol. The monoisotopic (exact) mass is 619 g/mol. The molecule has 2 rings (SSSR count). The highest BCUT2D eigenvalue weighted by molar-refractivity contribution is 6.74. The SMILES string of the molecule is C=CC[C@H](OC)c1coc(C[C@H](O[Si](C)(C)C(C)(C)C)C(C)(C)[C@@H](O)C[C@H](OC)[C@@H](C)COCc2ccc(OC)cc2)n1. The summed E-state index contributed by atoms with van der Waals surface area (Å²) in [7, 11) is 2.79. The van der Waals surface area contributed by atoms with Crippen LogP contribution in [0.1, 0.15) is 77.6 Å². The number of oxazole rings is 1. The minimum Gasteiger partial charge on any atom is -0.497 e. The Morgan fingerprint density at radius 3 is 2.23 bits per heavy atom. The standard InChI is InChI=1S/C34H57NO7Si/c1-13-14-28(38-9)27-23-41-32(35-27)20-31(42-43(11,12)33(3,4)5)34(6,7)30(36)19-29(39-10)24(2)21-40-22-25-15-17-26(37-8)18-16-25/h13,15-18,23-24,28-31,36H,1,14,19-22H2,2-12H3/t24-,28-,29-,30-,31-/m0/s1. The normalized spacial score (nSPS) is 16.4. The van der Waals surface area contributed by atoms with Gasteiger partial charge in [-0.05, 0) is 42.2 Å². The molecule has 0 fully saturated rings. The maximum atomic E-state index is 11.8. The van der Waals surface area contributed by atoms with E-state index >= 15 is 0 Å². The van der Waals surface area contributed by atoms with Crippen molar-refractivity contribution >= 4 is 8.32 Å². The van der Waals surface area contributed by atoms with Gasteiger partial charge in [0.05, 0.1) is 38.6 Å². The van der Waals surface area contributed by atoms with Gasteiger partial charge in [-0.2, -0.15) is 0 Å². The lowest BCUT2D eigenvalue weighted by atomic mass is 9.76. The zero-order valence-corrected chi connectivity index (χ0v) is 29.4. The molecule has 0 saturated carbocycles. The number of nitrogens with zero attached hydrogens (tertiary/aromatic N) is 1. The summed E-state index contributed by atoms with van der Waals surface area (Å²) in [4.78, 5) is 4.74. The molecule has 0 unspecified atom stereocenters. The van der Waals surface area contributed by atoms with E-state index in [0.717, 1.165) is 17.0 Å². The van der Waals surface area contributed by atoms with E-state index < -0.39 is 19.8 Å². The van der Waals surface area contributed by atoms with Gasteiger partial charge in [-0.1, -0.05) is 59.8 Å². The summed E-state index contributed by atoms with van der Waals surface area (Å²) in [6, 6.07) is 7.85. The van der Waals surface area contributed by atoms with Crippen LogP contribution in [0.3, 0.4) is 0 Å². The molecule has 1 aromatic carbocycles. The van der Waals surface area contributed by atoms with Gasteiger partial charge in [0.15, 0.2) is 14.2 Å². The van der Waals surface area contributed by atoms with Crippen LogP contribution >= 0.6 is 0 Å². The summed E-state index contributed by atoms with van der Waals surface area (Å²) in [5, 5.41) is 11.7. The van der Waals surface area contributed by atoms with Crippen LogP contribution in [0.25, 0.3) is 0 Å². The van der Waals surface area contributed by atoms with E-state index in [9.17, 15) is 5.11 Å². The van der Waals surface area contributed by atoms with Gasteiger partial charge in [0, 0.05) is 38.4 Å². The van der Waals surface area contributed by atoms with Gasteiger partial charge < -0.3 is 32.9 Å². The number of hydrogen-bond donors (Lipinski definition) is 1. The average molecular weight is 620 g/mol. The van der Waals surface area contributed by atoms with Crippen LogP contribution in [0.5, 0.6) is 5.75 Å². The van der Waals surface area contributed by atoms with Gasteiger partial charge in [-0.3, -0.25) is 0 Å². The quantitative estimate of drug-likeness (QED) is 0.127. The van der Waals surface area contributed by atoms with Crippen LogP contribution in [0.4, 0.5) is 0 Å². The van der Waals surface area contributed by atoms with Crippen LogP contribution in [-0.4, -0.2) is 64.7 Å². The van der Waals surface area contributed by atoms with Crippen molar-refractivity contribution in [2.24, 2.45) is 11.3 Å². The first kappa shape index (κ1) is 37.2. The van der Waals surface area contributed by atoms with Crippen molar-refractivity contribution in [3.63, 3.8) is 0 Å². The molecule has 0 saturated heterocycles. The Bertz CT molecular complexity index is 1090. The van der Waals surface area contributed by atoms with Crippen molar-refractivity contribution in [1.82, 2.24) is 4.98 Å². The largest absolute Gasteiger partial charge is 0.497 e. The highest BCUT2D eigenvalue weighted by Gasteiger charge is 2.46. The Morgan fingerprint density at radius 2 is 1.70 bits per heavy atom. The molecule has 0 aliphatic rings. The van der Waals surface area contributed by atoms with E-state index in [1.165, 1.54) is 0 Å². The lowest BCUT2D eigenvalue weighted by Crippen LogP contribution is -2.52. The van der Waals surface area contributed by atoms with Crippen LogP contribution < -0.4 is 4.74 Å². The highest BCUT2D eigenvalue weighted by atomic mass is 28.4. The van der Waals surface area contributed by atoms with Gasteiger partial charge >= 0.3 is 0 Å². The van der Waals surface area contributed by atoms with Crippen molar-refractivity contribution in [2.75, 3.05) is 27.9 Å². The number of hydrogen-bond acceptors (Lipinski definition) is 8. The fourth-order valence-corrected chi connectivity index (χ4v) is 6.15. The molecule has 0 amide bonds. The smallest absolute Gasteiger partial charge is 0.196 e. The summed E-state index contributed by atoms with van der Waals surface area (Å²) in [6.07, 6.45) is 3.49. The Morgan fingerprint density at radius 1 is 1.05 bits per heavy atom. The average Bonchev–Trinajstić information content (AvgIpc) is 3.41. The fourth-order valence-electron chi connectivity index (χ4n) is 4.69. The van der Waals surface area contributed by atoms with Gasteiger partial charge in [0.1, 0.15) is 23.8 Å². The van der Waals surface area contributed by atoms with E-state index in [-0.39, 0.29) is 29.3 Å². The van der Waals surface area contributed by atoms with Gasteiger partial charge in [0.2, 0.25) is 0 Å². The zero-order chi connectivity index (χ0) is 32.4.